The molecule has 0 amide bonds. The van der Waals surface area contributed by atoms with Crippen LogP contribution in [0.3, 0.4) is 0 Å². The van der Waals surface area contributed by atoms with Crippen LogP contribution in [0.1, 0.15) is 5.56 Å². The average Bonchev–Trinajstić information content (AvgIpc) is 2.86. The van der Waals surface area contributed by atoms with Crippen molar-refractivity contribution in [3.05, 3.63) is 58.5 Å². The number of aromatic nitrogens is 3. The third-order valence-electron chi connectivity index (χ3n) is 2.85. The van der Waals surface area contributed by atoms with E-state index in [1.165, 1.54) is 6.33 Å². The minimum absolute atomic E-state index is 0.153. The van der Waals surface area contributed by atoms with Gasteiger partial charge in [-0.15, -0.1) is 9.24 Å². The van der Waals surface area contributed by atoms with Crippen molar-refractivity contribution in [1.82, 2.24) is 15.0 Å². The molecular weight excluding hydrogens is 289 g/mol. The van der Waals surface area contributed by atoms with Crippen molar-refractivity contribution < 1.29 is 0 Å². The van der Waals surface area contributed by atoms with E-state index in [0.29, 0.717) is 11.0 Å². The summed E-state index contributed by atoms with van der Waals surface area (Å²) in [4.78, 5) is 23.5. The molecule has 2 heterocycles. The van der Waals surface area contributed by atoms with Crippen LogP contribution in [0, 0.1) is 0 Å². The first-order chi connectivity index (χ1) is 9.79. The van der Waals surface area contributed by atoms with Gasteiger partial charge in [0.1, 0.15) is 11.0 Å². The third-order valence-corrected chi connectivity index (χ3v) is 4.16. The molecule has 2 N–H and O–H groups in total. The molecule has 0 fully saturated rings. The van der Waals surface area contributed by atoms with Crippen molar-refractivity contribution in [3.8, 4) is 0 Å². The van der Waals surface area contributed by atoms with E-state index < -0.39 is 0 Å². The van der Waals surface area contributed by atoms with Crippen molar-refractivity contribution in [2.45, 2.75) is 9.79 Å². The molecular formula is C14H12N3OPS. The molecule has 6 heteroatoms. The Morgan fingerprint density at radius 2 is 2.05 bits per heavy atom. The van der Waals surface area contributed by atoms with Crippen molar-refractivity contribution >= 4 is 38.1 Å². The Morgan fingerprint density at radius 1 is 1.20 bits per heavy atom. The predicted octanol–water partition coefficient (Wildman–Crippen LogP) is 3.25. The summed E-state index contributed by atoms with van der Waals surface area (Å²) in [5.74, 6) is 1.93. The summed E-state index contributed by atoms with van der Waals surface area (Å²) in [6, 6.07) is 8.11. The van der Waals surface area contributed by atoms with Gasteiger partial charge >= 0.3 is 0 Å². The number of nitrogens with zero attached hydrogens (tertiary/aromatic N) is 1. The van der Waals surface area contributed by atoms with Crippen LogP contribution in [-0.2, 0) is 0 Å². The summed E-state index contributed by atoms with van der Waals surface area (Å²) in [5.41, 5.74) is 2.18. The lowest BCUT2D eigenvalue weighted by atomic mass is 10.2. The van der Waals surface area contributed by atoms with Gasteiger partial charge < -0.3 is 9.97 Å². The van der Waals surface area contributed by atoms with Crippen LogP contribution in [-0.4, -0.2) is 15.0 Å². The maximum absolute atomic E-state index is 11.7. The van der Waals surface area contributed by atoms with E-state index in [1.807, 2.05) is 30.2 Å². The van der Waals surface area contributed by atoms with Gasteiger partial charge in [-0.1, -0.05) is 41.9 Å². The quantitative estimate of drug-likeness (QED) is 0.730. The second-order valence-electron chi connectivity index (χ2n) is 4.11. The molecule has 3 rings (SSSR count). The van der Waals surface area contributed by atoms with Gasteiger partial charge in [0.2, 0.25) is 0 Å². The van der Waals surface area contributed by atoms with Gasteiger partial charge in [-0.2, -0.15) is 0 Å². The number of aromatic amines is 2. The van der Waals surface area contributed by atoms with Crippen LogP contribution in [0.2, 0.25) is 0 Å². The van der Waals surface area contributed by atoms with Gasteiger partial charge in [0.05, 0.1) is 11.2 Å². The van der Waals surface area contributed by atoms with E-state index in [4.69, 9.17) is 0 Å². The molecule has 3 aromatic rings. The number of rotatable bonds is 3. The maximum atomic E-state index is 11.7. The molecule has 2 aromatic heterocycles. The fraction of sp³-hybridized carbons (Fsp3) is 0. The molecule has 0 saturated carbocycles. The Kier molecular flexibility index (Phi) is 3.72. The first-order valence-corrected chi connectivity index (χ1v) is 7.48. The zero-order valence-electron chi connectivity index (χ0n) is 10.5. The zero-order valence-corrected chi connectivity index (χ0v) is 12.4. The lowest BCUT2D eigenvalue weighted by Crippen LogP contribution is -2.05. The van der Waals surface area contributed by atoms with E-state index in [2.05, 4.69) is 36.3 Å². The lowest BCUT2D eigenvalue weighted by molar-refractivity contribution is 1.16. The third kappa shape index (κ3) is 2.42. The smallest absolute Gasteiger partial charge is 0.275 e. The molecule has 4 nitrogen and oxygen atoms in total. The summed E-state index contributed by atoms with van der Waals surface area (Å²) >= 11 is 1.59. The van der Waals surface area contributed by atoms with Gasteiger partial charge in [-0.05, 0) is 11.6 Å². The van der Waals surface area contributed by atoms with Crippen LogP contribution in [0.15, 0.2) is 57.2 Å². The molecule has 0 spiro atoms. The topological polar surface area (TPSA) is 61.5 Å². The number of nitrogens with one attached hydrogen (secondary N) is 2. The van der Waals surface area contributed by atoms with Crippen molar-refractivity contribution in [2.24, 2.45) is 0 Å². The number of H-pyrrole nitrogens is 2. The van der Waals surface area contributed by atoms with E-state index in [1.54, 1.807) is 11.8 Å². The molecule has 20 heavy (non-hydrogen) atoms. The van der Waals surface area contributed by atoms with Crippen LogP contribution in [0.25, 0.3) is 17.1 Å². The molecule has 100 valence electrons. The molecule has 0 aliphatic carbocycles. The highest BCUT2D eigenvalue weighted by Crippen LogP contribution is 2.34. The van der Waals surface area contributed by atoms with E-state index in [0.717, 1.165) is 15.4 Å². The number of fused-ring (bicyclic) bond motifs is 1. The van der Waals surface area contributed by atoms with Gasteiger partial charge in [-0.3, -0.25) is 4.79 Å². The van der Waals surface area contributed by atoms with Gasteiger partial charge in [0.15, 0.2) is 0 Å². The molecule has 0 saturated heterocycles. The summed E-state index contributed by atoms with van der Waals surface area (Å²) in [6.07, 6.45) is 5.28. The Labute approximate surface area is 121 Å². The summed E-state index contributed by atoms with van der Waals surface area (Å²) in [6.45, 7) is 0. The molecule has 0 bridgehead atoms. The SMILES string of the molecule is O=c1[nH]cnc2c(Sc3ccccc3/C=C/P)c[nH]c12. The number of hydrogen-bond donors (Lipinski definition) is 2. The van der Waals surface area contributed by atoms with Gasteiger partial charge in [0, 0.05) is 11.1 Å². The lowest BCUT2D eigenvalue weighted by Gasteiger charge is -2.04. The minimum Gasteiger partial charge on any atom is -0.354 e. The minimum atomic E-state index is -0.153. The second-order valence-corrected chi connectivity index (χ2v) is 5.58. The number of benzene rings is 1. The Balaban J connectivity index is 2.06. The van der Waals surface area contributed by atoms with Crippen LogP contribution < -0.4 is 5.56 Å². The number of hydrogen-bond acceptors (Lipinski definition) is 3. The highest BCUT2D eigenvalue weighted by Gasteiger charge is 2.10. The fourth-order valence-corrected chi connectivity index (χ4v) is 3.15. The summed E-state index contributed by atoms with van der Waals surface area (Å²) in [5, 5.41) is 0. The normalized spacial score (nSPS) is 11.4. The van der Waals surface area contributed by atoms with Crippen molar-refractivity contribution in [2.75, 3.05) is 0 Å². The molecule has 1 aromatic carbocycles. The molecule has 1 atom stereocenters. The van der Waals surface area contributed by atoms with Crippen LogP contribution in [0.4, 0.5) is 0 Å². The van der Waals surface area contributed by atoms with E-state index in [9.17, 15) is 4.79 Å². The zero-order chi connectivity index (χ0) is 13.9. The van der Waals surface area contributed by atoms with Crippen molar-refractivity contribution in [1.29, 1.82) is 0 Å². The largest absolute Gasteiger partial charge is 0.354 e. The second kappa shape index (κ2) is 5.65. The summed E-state index contributed by atoms with van der Waals surface area (Å²) < 4.78 is 0. The first-order valence-electron chi connectivity index (χ1n) is 5.99. The van der Waals surface area contributed by atoms with E-state index >= 15 is 0 Å². The van der Waals surface area contributed by atoms with Gasteiger partial charge in [0.25, 0.3) is 5.56 Å². The fourth-order valence-electron chi connectivity index (χ4n) is 1.94. The average molecular weight is 301 g/mol. The monoisotopic (exact) mass is 301 g/mol. The Bertz CT molecular complexity index is 838. The first kappa shape index (κ1) is 13.2. The maximum Gasteiger partial charge on any atom is 0.275 e. The Hall–Kier alpha value is -1.84. The van der Waals surface area contributed by atoms with Crippen LogP contribution >= 0.6 is 21.0 Å². The highest BCUT2D eigenvalue weighted by atomic mass is 32.2. The Morgan fingerprint density at radius 3 is 2.90 bits per heavy atom. The standard InChI is InChI=1S/C14H12N3OPS/c18-14-13-12(16-8-17-14)11(7-15-13)20-10-4-2-1-3-9(10)5-6-19/h1-8,15H,19H2,(H,16,17,18)/b6-5+. The molecule has 1 unspecified atom stereocenters. The molecule has 0 aliphatic heterocycles. The van der Waals surface area contributed by atoms with Crippen LogP contribution in [0.5, 0.6) is 0 Å². The predicted molar refractivity (Wildman–Crippen MR) is 86.0 cm³/mol. The van der Waals surface area contributed by atoms with E-state index in [-0.39, 0.29) is 5.56 Å². The van der Waals surface area contributed by atoms with Crippen molar-refractivity contribution in [3.63, 3.8) is 0 Å². The molecule has 0 radical (unpaired) electrons. The van der Waals surface area contributed by atoms with Gasteiger partial charge in [-0.25, -0.2) is 4.98 Å². The summed E-state index contributed by atoms with van der Waals surface area (Å²) in [7, 11) is 2.57. The highest BCUT2D eigenvalue weighted by molar-refractivity contribution is 7.99. The molecule has 0 aliphatic rings.